The third-order valence-corrected chi connectivity index (χ3v) is 2.30. The van der Waals surface area contributed by atoms with Gasteiger partial charge in [-0.05, 0) is 34.7 Å². The van der Waals surface area contributed by atoms with Crippen molar-refractivity contribution in [3.05, 3.63) is 40.4 Å². The van der Waals surface area contributed by atoms with Crippen LogP contribution in [0.4, 0.5) is 0 Å². The molecule has 2 aromatic rings. The molecule has 2 nitrogen and oxygen atoms in total. The minimum absolute atomic E-state index is 1.06. The molecule has 0 amide bonds. The van der Waals surface area contributed by atoms with E-state index in [1.165, 1.54) is 9.13 Å². The van der Waals surface area contributed by atoms with Crippen LogP contribution in [0.5, 0.6) is 0 Å². The van der Waals surface area contributed by atoms with E-state index in [9.17, 15) is 0 Å². The molecule has 0 aliphatic heterocycles. The lowest BCUT2D eigenvalue weighted by Gasteiger charge is -1.96. The van der Waals surface area contributed by atoms with E-state index in [2.05, 4.69) is 50.8 Å². The quantitative estimate of drug-likeness (QED) is 0.793. The molecule has 0 aliphatic carbocycles. The molecule has 60 valence electrons. The molecular weight excluding hydrogens is 263 g/mol. The third kappa shape index (κ3) is 1.50. The predicted octanol–water partition coefficient (Wildman–Crippen LogP) is 2.68. The van der Waals surface area contributed by atoms with Crippen molar-refractivity contribution in [1.82, 2.24) is 9.97 Å². The zero-order chi connectivity index (χ0) is 8.39. The van der Waals surface area contributed by atoms with Gasteiger partial charge in [-0.3, -0.25) is 0 Å². The fraction of sp³-hybridized carbons (Fsp3) is 0. The maximum absolute atomic E-state index is 3.97. The molecular formula is C9H7IN2. The van der Waals surface area contributed by atoms with Crippen molar-refractivity contribution in [2.45, 2.75) is 0 Å². The molecule has 0 saturated carbocycles. The Labute approximate surface area is 84.2 Å². The number of benzene rings is 1. The van der Waals surface area contributed by atoms with Crippen LogP contribution in [-0.2, 0) is 0 Å². The summed E-state index contributed by atoms with van der Waals surface area (Å²) >= 11 is 2.30. The summed E-state index contributed by atoms with van der Waals surface area (Å²) in [6.07, 6.45) is 3.51. The van der Waals surface area contributed by atoms with Crippen molar-refractivity contribution in [2.75, 3.05) is 0 Å². The first-order valence-corrected chi connectivity index (χ1v) is 4.68. The van der Waals surface area contributed by atoms with Gasteiger partial charge in [0.05, 0.1) is 18.2 Å². The van der Waals surface area contributed by atoms with Crippen LogP contribution in [0.2, 0.25) is 0 Å². The second-order valence-electron chi connectivity index (χ2n) is 2.48. The molecule has 1 heterocycles. The Hall–Kier alpha value is -0.840. The highest BCUT2D eigenvalue weighted by atomic mass is 127. The summed E-state index contributed by atoms with van der Waals surface area (Å²) in [4.78, 5) is 7.04. The second kappa shape index (κ2) is 3.26. The van der Waals surface area contributed by atoms with Crippen molar-refractivity contribution in [2.24, 2.45) is 0 Å². The fourth-order valence-corrected chi connectivity index (χ4v) is 1.61. The zero-order valence-corrected chi connectivity index (χ0v) is 8.45. The van der Waals surface area contributed by atoms with Crippen LogP contribution in [0.1, 0.15) is 0 Å². The number of rotatable bonds is 1. The average molecular weight is 270 g/mol. The summed E-state index contributed by atoms with van der Waals surface area (Å²) < 4.78 is 1.24. The van der Waals surface area contributed by atoms with Crippen LogP contribution in [0.15, 0.2) is 36.8 Å². The van der Waals surface area contributed by atoms with Crippen molar-refractivity contribution in [3.63, 3.8) is 0 Å². The number of hydrogen-bond acceptors (Lipinski definition) is 1. The molecule has 0 bridgehead atoms. The molecule has 0 fully saturated rings. The second-order valence-corrected chi connectivity index (χ2v) is 3.72. The predicted molar refractivity (Wildman–Crippen MR) is 56.7 cm³/mol. The van der Waals surface area contributed by atoms with Crippen molar-refractivity contribution in [3.8, 4) is 11.3 Å². The van der Waals surface area contributed by atoms with Crippen molar-refractivity contribution >= 4 is 22.6 Å². The van der Waals surface area contributed by atoms with Gasteiger partial charge in [0.15, 0.2) is 0 Å². The van der Waals surface area contributed by atoms with E-state index in [1.807, 2.05) is 12.3 Å². The minimum atomic E-state index is 1.06. The largest absolute Gasteiger partial charge is 0.345 e. The van der Waals surface area contributed by atoms with Crippen molar-refractivity contribution < 1.29 is 0 Å². The number of H-pyrrole nitrogens is 1. The SMILES string of the molecule is Ic1cccc(-c2cnc[nH]2)c1. The number of halogens is 1. The first-order chi connectivity index (χ1) is 5.86. The van der Waals surface area contributed by atoms with E-state index in [0.29, 0.717) is 0 Å². The molecule has 1 N–H and O–H groups in total. The summed E-state index contributed by atoms with van der Waals surface area (Å²) in [6, 6.07) is 8.29. The van der Waals surface area contributed by atoms with E-state index in [-0.39, 0.29) is 0 Å². The third-order valence-electron chi connectivity index (χ3n) is 1.63. The van der Waals surface area contributed by atoms with Crippen LogP contribution in [0.3, 0.4) is 0 Å². The Kier molecular flexibility index (Phi) is 2.12. The number of aromatic nitrogens is 2. The molecule has 0 unspecified atom stereocenters. The smallest absolute Gasteiger partial charge is 0.0924 e. The zero-order valence-electron chi connectivity index (χ0n) is 6.29. The van der Waals surface area contributed by atoms with Crippen LogP contribution in [0.25, 0.3) is 11.3 Å². The first kappa shape index (κ1) is 7.79. The highest BCUT2D eigenvalue weighted by molar-refractivity contribution is 14.1. The number of nitrogens with one attached hydrogen (secondary N) is 1. The van der Waals surface area contributed by atoms with Gasteiger partial charge in [-0.15, -0.1) is 0 Å². The minimum Gasteiger partial charge on any atom is -0.345 e. The van der Waals surface area contributed by atoms with Crippen LogP contribution in [-0.4, -0.2) is 9.97 Å². The first-order valence-electron chi connectivity index (χ1n) is 3.60. The molecule has 0 radical (unpaired) electrons. The van der Waals surface area contributed by atoms with Crippen LogP contribution in [0, 0.1) is 3.57 Å². The van der Waals surface area contributed by atoms with E-state index in [0.717, 1.165) is 5.69 Å². The van der Waals surface area contributed by atoms with Gasteiger partial charge in [0.25, 0.3) is 0 Å². The lowest BCUT2D eigenvalue weighted by Crippen LogP contribution is -1.77. The summed E-state index contributed by atoms with van der Waals surface area (Å²) in [5, 5.41) is 0. The molecule has 0 saturated heterocycles. The lowest BCUT2D eigenvalue weighted by atomic mass is 10.2. The number of imidazole rings is 1. The Morgan fingerprint density at radius 1 is 1.33 bits per heavy atom. The molecule has 3 heteroatoms. The summed E-state index contributed by atoms with van der Waals surface area (Å²) in [5.41, 5.74) is 2.24. The number of aromatic amines is 1. The van der Waals surface area contributed by atoms with E-state index in [4.69, 9.17) is 0 Å². The lowest BCUT2D eigenvalue weighted by molar-refractivity contribution is 1.31. The van der Waals surface area contributed by atoms with Gasteiger partial charge in [0.1, 0.15) is 0 Å². The number of hydrogen-bond donors (Lipinski definition) is 1. The average Bonchev–Trinajstić information content (AvgIpc) is 2.56. The van der Waals surface area contributed by atoms with Gasteiger partial charge in [0.2, 0.25) is 0 Å². The van der Waals surface area contributed by atoms with E-state index < -0.39 is 0 Å². The Morgan fingerprint density at radius 3 is 2.92 bits per heavy atom. The highest BCUT2D eigenvalue weighted by Gasteiger charge is 1.97. The topological polar surface area (TPSA) is 28.7 Å². The van der Waals surface area contributed by atoms with E-state index in [1.54, 1.807) is 6.33 Å². The Bertz CT molecular complexity index is 368. The molecule has 0 aliphatic rings. The molecule has 2 rings (SSSR count). The Morgan fingerprint density at radius 2 is 2.25 bits per heavy atom. The van der Waals surface area contributed by atoms with Gasteiger partial charge in [0, 0.05) is 9.13 Å². The maximum Gasteiger partial charge on any atom is 0.0924 e. The van der Waals surface area contributed by atoms with Gasteiger partial charge in [-0.25, -0.2) is 4.98 Å². The summed E-state index contributed by atoms with van der Waals surface area (Å²) in [5.74, 6) is 0. The maximum atomic E-state index is 3.97. The monoisotopic (exact) mass is 270 g/mol. The molecule has 1 aromatic heterocycles. The van der Waals surface area contributed by atoms with Crippen molar-refractivity contribution in [1.29, 1.82) is 0 Å². The van der Waals surface area contributed by atoms with Gasteiger partial charge in [-0.2, -0.15) is 0 Å². The molecule has 0 atom stereocenters. The molecule has 12 heavy (non-hydrogen) atoms. The van der Waals surface area contributed by atoms with E-state index >= 15 is 0 Å². The summed E-state index contributed by atoms with van der Waals surface area (Å²) in [7, 11) is 0. The normalized spacial score (nSPS) is 10.1. The van der Waals surface area contributed by atoms with Crippen LogP contribution < -0.4 is 0 Å². The van der Waals surface area contributed by atoms with Gasteiger partial charge < -0.3 is 4.98 Å². The fourth-order valence-electron chi connectivity index (χ4n) is 1.07. The molecule has 0 spiro atoms. The van der Waals surface area contributed by atoms with Gasteiger partial charge >= 0.3 is 0 Å². The van der Waals surface area contributed by atoms with Gasteiger partial charge in [-0.1, -0.05) is 12.1 Å². The highest BCUT2D eigenvalue weighted by Crippen LogP contribution is 2.17. The Balaban J connectivity index is 2.48. The molecule has 1 aromatic carbocycles. The standard InChI is InChI=1S/C9H7IN2/c10-8-3-1-2-7(4-8)9-5-11-6-12-9/h1-6H,(H,11,12). The number of nitrogens with zero attached hydrogens (tertiary/aromatic N) is 1. The summed E-state index contributed by atoms with van der Waals surface area (Å²) in [6.45, 7) is 0. The van der Waals surface area contributed by atoms with Crippen LogP contribution >= 0.6 is 22.6 Å².